The largest absolute Gasteiger partial charge is 0.391 e. The molecular weight excluding hydrogens is 138 g/mol. The molecule has 0 saturated carbocycles. The molecule has 0 amide bonds. The zero-order chi connectivity index (χ0) is 8.48. The maximum absolute atomic E-state index is 9.70. The Morgan fingerprint density at radius 1 is 1.55 bits per heavy atom. The SMILES string of the molecule is CCN1CCCC(O)C1(C)C. The molecule has 1 unspecified atom stereocenters. The molecule has 2 nitrogen and oxygen atoms in total. The molecule has 1 rings (SSSR count). The van der Waals surface area contributed by atoms with E-state index in [2.05, 4.69) is 25.7 Å². The first-order valence-electron chi connectivity index (χ1n) is 4.52. The number of rotatable bonds is 1. The van der Waals surface area contributed by atoms with Gasteiger partial charge in [-0.3, -0.25) is 4.90 Å². The quantitative estimate of drug-likeness (QED) is 0.619. The van der Waals surface area contributed by atoms with E-state index in [4.69, 9.17) is 0 Å². The third-order valence-corrected chi connectivity index (χ3v) is 2.92. The van der Waals surface area contributed by atoms with Gasteiger partial charge in [-0.2, -0.15) is 0 Å². The second kappa shape index (κ2) is 3.11. The van der Waals surface area contributed by atoms with Gasteiger partial charge in [-0.15, -0.1) is 0 Å². The molecule has 0 aromatic heterocycles. The van der Waals surface area contributed by atoms with Crippen molar-refractivity contribution in [2.45, 2.75) is 45.3 Å². The monoisotopic (exact) mass is 157 g/mol. The van der Waals surface area contributed by atoms with Gasteiger partial charge in [0.05, 0.1) is 6.10 Å². The molecule has 1 atom stereocenters. The van der Waals surface area contributed by atoms with Crippen LogP contribution in [0.4, 0.5) is 0 Å². The van der Waals surface area contributed by atoms with Crippen molar-refractivity contribution in [1.82, 2.24) is 4.90 Å². The molecule has 1 N–H and O–H groups in total. The molecule has 1 aliphatic heterocycles. The number of hydrogen-bond donors (Lipinski definition) is 1. The van der Waals surface area contributed by atoms with E-state index in [9.17, 15) is 5.11 Å². The standard InChI is InChI=1S/C9H19NO/c1-4-10-7-5-6-8(11)9(10,2)3/h8,11H,4-7H2,1-3H3. The number of hydrogen-bond acceptors (Lipinski definition) is 2. The molecule has 0 bridgehead atoms. The van der Waals surface area contributed by atoms with Crippen LogP contribution in [-0.2, 0) is 0 Å². The molecule has 66 valence electrons. The van der Waals surface area contributed by atoms with Gasteiger partial charge in [0, 0.05) is 5.54 Å². The van der Waals surface area contributed by atoms with Crippen molar-refractivity contribution in [3.05, 3.63) is 0 Å². The average molecular weight is 157 g/mol. The Balaban J connectivity index is 2.64. The highest BCUT2D eigenvalue weighted by atomic mass is 16.3. The predicted molar refractivity (Wildman–Crippen MR) is 46.6 cm³/mol. The molecule has 1 fully saturated rings. The fraction of sp³-hybridized carbons (Fsp3) is 1.00. The number of likely N-dealkylation sites (N-methyl/N-ethyl adjacent to an activating group) is 1. The van der Waals surface area contributed by atoms with Crippen LogP contribution in [0.2, 0.25) is 0 Å². The summed E-state index contributed by atoms with van der Waals surface area (Å²) in [5.74, 6) is 0. The Morgan fingerprint density at radius 2 is 2.18 bits per heavy atom. The van der Waals surface area contributed by atoms with E-state index < -0.39 is 0 Å². The van der Waals surface area contributed by atoms with E-state index in [-0.39, 0.29) is 11.6 Å². The molecule has 1 heterocycles. The smallest absolute Gasteiger partial charge is 0.0718 e. The molecule has 1 saturated heterocycles. The number of aliphatic hydroxyl groups excluding tert-OH is 1. The number of nitrogens with zero attached hydrogens (tertiary/aromatic N) is 1. The Kier molecular flexibility index (Phi) is 2.55. The van der Waals surface area contributed by atoms with Gasteiger partial charge in [0.1, 0.15) is 0 Å². The van der Waals surface area contributed by atoms with Gasteiger partial charge >= 0.3 is 0 Å². The third-order valence-electron chi connectivity index (χ3n) is 2.92. The molecule has 0 spiro atoms. The van der Waals surface area contributed by atoms with Crippen LogP contribution in [0, 0.1) is 0 Å². The maximum atomic E-state index is 9.70. The van der Waals surface area contributed by atoms with E-state index in [1.807, 2.05) is 0 Å². The first kappa shape index (κ1) is 9.01. The summed E-state index contributed by atoms with van der Waals surface area (Å²) in [7, 11) is 0. The minimum atomic E-state index is -0.142. The van der Waals surface area contributed by atoms with E-state index in [1.165, 1.54) is 0 Å². The van der Waals surface area contributed by atoms with Gasteiger partial charge < -0.3 is 5.11 Å². The van der Waals surface area contributed by atoms with Gasteiger partial charge in [0.15, 0.2) is 0 Å². The average Bonchev–Trinajstić information content (AvgIpc) is 1.95. The fourth-order valence-corrected chi connectivity index (χ4v) is 1.89. The highest BCUT2D eigenvalue weighted by molar-refractivity contribution is 4.91. The summed E-state index contributed by atoms with van der Waals surface area (Å²) in [4.78, 5) is 2.35. The summed E-state index contributed by atoms with van der Waals surface area (Å²) < 4.78 is 0. The zero-order valence-electron chi connectivity index (χ0n) is 7.80. The Morgan fingerprint density at radius 3 is 2.64 bits per heavy atom. The summed E-state index contributed by atoms with van der Waals surface area (Å²) in [5.41, 5.74) is -0.00694. The fourth-order valence-electron chi connectivity index (χ4n) is 1.89. The Hall–Kier alpha value is -0.0800. The Labute approximate surface area is 69.2 Å². The highest BCUT2D eigenvalue weighted by Crippen LogP contribution is 2.26. The highest BCUT2D eigenvalue weighted by Gasteiger charge is 2.36. The van der Waals surface area contributed by atoms with Crippen molar-refractivity contribution in [1.29, 1.82) is 0 Å². The maximum Gasteiger partial charge on any atom is 0.0718 e. The molecular formula is C9H19NO. The predicted octanol–water partition coefficient (Wildman–Crippen LogP) is 1.24. The lowest BCUT2D eigenvalue weighted by molar-refractivity contribution is -0.0408. The van der Waals surface area contributed by atoms with Crippen LogP contribution >= 0.6 is 0 Å². The van der Waals surface area contributed by atoms with Crippen LogP contribution in [0.5, 0.6) is 0 Å². The number of likely N-dealkylation sites (tertiary alicyclic amines) is 1. The molecule has 0 radical (unpaired) electrons. The summed E-state index contributed by atoms with van der Waals surface area (Å²) >= 11 is 0. The van der Waals surface area contributed by atoms with Crippen molar-refractivity contribution in [2.24, 2.45) is 0 Å². The lowest BCUT2D eigenvalue weighted by Gasteiger charge is -2.45. The lowest BCUT2D eigenvalue weighted by Crippen LogP contribution is -2.55. The second-order valence-corrected chi connectivity index (χ2v) is 3.89. The second-order valence-electron chi connectivity index (χ2n) is 3.89. The molecule has 1 aliphatic rings. The van der Waals surface area contributed by atoms with Crippen LogP contribution < -0.4 is 0 Å². The van der Waals surface area contributed by atoms with Gasteiger partial charge in [-0.25, -0.2) is 0 Å². The van der Waals surface area contributed by atoms with Crippen molar-refractivity contribution in [3.63, 3.8) is 0 Å². The van der Waals surface area contributed by atoms with Crippen molar-refractivity contribution in [2.75, 3.05) is 13.1 Å². The van der Waals surface area contributed by atoms with Crippen molar-refractivity contribution < 1.29 is 5.11 Å². The van der Waals surface area contributed by atoms with Crippen LogP contribution in [0.15, 0.2) is 0 Å². The normalized spacial score (nSPS) is 32.2. The third kappa shape index (κ3) is 1.57. The van der Waals surface area contributed by atoms with Gasteiger partial charge in [-0.05, 0) is 39.8 Å². The van der Waals surface area contributed by atoms with Gasteiger partial charge in [0.2, 0.25) is 0 Å². The van der Waals surface area contributed by atoms with E-state index >= 15 is 0 Å². The topological polar surface area (TPSA) is 23.5 Å². The minimum absolute atomic E-state index is 0.00694. The van der Waals surface area contributed by atoms with E-state index in [0.29, 0.717) is 0 Å². The molecule has 0 aromatic carbocycles. The molecule has 0 aliphatic carbocycles. The summed E-state index contributed by atoms with van der Waals surface area (Å²) in [6.07, 6.45) is 1.96. The van der Waals surface area contributed by atoms with Crippen LogP contribution in [0.1, 0.15) is 33.6 Å². The zero-order valence-corrected chi connectivity index (χ0v) is 7.80. The van der Waals surface area contributed by atoms with Crippen LogP contribution in [0.3, 0.4) is 0 Å². The molecule has 2 heteroatoms. The number of piperidine rings is 1. The van der Waals surface area contributed by atoms with Crippen LogP contribution in [-0.4, -0.2) is 34.7 Å². The summed E-state index contributed by atoms with van der Waals surface area (Å²) in [6.45, 7) is 8.59. The van der Waals surface area contributed by atoms with Crippen molar-refractivity contribution >= 4 is 0 Å². The Bertz CT molecular complexity index is 134. The van der Waals surface area contributed by atoms with E-state index in [0.717, 1.165) is 25.9 Å². The van der Waals surface area contributed by atoms with E-state index in [1.54, 1.807) is 0 Å². The summed E-state index contributed by atoms with van der Waals surface area (Å²) in [5, 5.41) is 9.70. The number of aliphatic hydroxyl groups is 1. The first-order chi connectivity index (χ1) is 5.09. The van der Waals surface area contributed by atoms with Gasteiger partial charge in [-0.1, -0.05) is 6.92 Å². The molecule has 0 aromatic rings. The lowest BCUT2D eigenvalue weighted by atomic mass is 9.87. The first-order valence-corrected chi connectivity index (χ1v) is 4.52. The van der Waals surface area contributed by atoms with Crippen molar-refractivity contribution in [3.8, 4) is 0 Å². The van der Waals surface area contributed by atoms with Crippen LogP contribution in [0.25, 0.3) is 0 Å². The van der Waals surface area contributed by atoms with Gasteiger partial charge in [0.25, 0.3) is 0 Å². The minimum Gasteiger partial charge on any atom is -0.391 e. The molecule has 11 heavy (non-hydrogen) atoms. The summed E-state index contributed by atoms with van der Waals surface area (Å²) in [6, 6.07) is 0.